The molecule has 0 saturated carbocycles. The molecular formula is C15H32N2. The summed E-state index contributed by atoms with van der Waals surface area (Å²) in [7, 11) is 0. The maximum absolute atomic E-state index is 3.65. The van der Waals surface area contributed by atoms with Crippen LogP contribution >= 0.6 is 0 Å². The van der Waals surface area contributed by atoms with E-state index in [4.69, 9.17) is 0 Å². The van der Waals surface area contributed by atoms with Crippen molar-refractivity contribution in [3.05, 3.63) is 0 Å². The first-order valence-corrected chi connectivity index (χ1v) is 7.49. The fourth-order valence-corrected chi connectivity index (χ4v) is 2.69. The quantitative estimate of drug-likeness (QED) is 0.655. The van der Waals surface area contributed by atoms with Crippen LogP contribution < -0.4 is 5.32 Å². The summed E-state index contributed by atoms with van der Waals surface area (Å²) >= 11 is 0. The predicted octanol–water partition coefficient (Wildman–Crippen LogP) is 3.28. The van der Waals surface area contributed by atoms with Crippen molar-refractivity contribution in [1.82, 2.24) is 10.2 Å². The molecule has 1 saturated heterocycles. The average molecular weight is 240 g/mol. The molecule has 102 valence electrons. The van der Waals surface area contributed by atoms with E-state index in [0.29, 0.717) is 11.5 Å². The molecule has 0 radical (unpaired) electrons. The van der Waals surface area contributed by atoms with Gasteiger partial charge in [-0.2, -0.15) is 0 Å². The minimum absolute atomic E-state index is 0.548. The SMILES string of the molecule is CCCCCC(C)NCCN1CCC(C)(C)C1. The van der Waals surface area contributed by atoms with E-state index in [0.717, 1.165) is 6.54 Å². The molecule has 1 fully saturated rings. The molecule has 1 atom stereocenters. The largest absolute Gasteiger partial charge is 0.313 e. The molecule has 0 spiro atoms. The van der Waals surface area contributed by atoms with Gasteiger partial charge in [-0.25, -0.2) is 0 Å². The molecule has 1 aliphatic rings. The Morgan fingerprint density at radius 1 is 1.29 bits per heavy atom. The molecule has 0 aliphatic carbocycles. The summed E-state index contributed by atoms with van der Waals surface area (Å²) in [4.78, 5) is 2.60. The summed E-state index contributed by atoms with van der Waals surface area (Å²) in [6.45, 7) is 14.3. The lowest BCUT2D eigenvalue weighted by molar-refractivity contribution is 0.285. The summed E-state index contributed by atoms with van der Waals surface area (Å²) in [5.74, 6) is 0. The minimum Gasteiger partial charge on any atom is -0.313 e. The van der Waals surface area contributed by atoms with Crippen molar-refractivity contribution in [3.8, 4) is 0 Å². The fraction of sp³-hybridized carbons (Fsp3) is 1.00. The highest BCUT2D eigenvalue weighted by Gasteiger charge is 2.28. The van der Waals surface area contributed by atoms with Crippen molar-refractivity contribution >= 4 is 0 Å². The highest BCUT2D eigenvalue weighted by molar-refractivity contribution is 4.82. The highest BCUT2D eigenvalue weighted by Crippen LogP contribution is 2.28. The summed E-state index contributed by atoms with van der Waals surface area (Å²) < 4.78 is 0. The number of rotatable bonds is 8. The summed E-state index contributed by atoms with van der Waals surface area (Å²) in [5, 5.41) is 3.65. The Morgan fingerprint density at radius 3 is 2.65 bits per heavy atom. The molecule has 1 unspecified atom stereocenters. The Morgan fingerprint density at radius 2 is 2.06 bits per heavy atom. The van der Waals surface area contributed by atoms with E-state index in [1.807, 2.05) is 0 Å². The van der Waals surface area contributed by atoms with Crippen LogP contribution in [0, 0.1) is 5.41 Å². The Hall–Kier alpha value is -0.0800. The summed E-state index contributed by atoms with van der Waals surface area (Å²) in [5.41, 5.74) is 0.548. The molecule has 0 bridgehead atoms. The number of hydrogen-bond acceptors (Lipinski definition) is 2. The monoisotopic (exact) mass is 240 g/mol. The Balaban J connectivity index is 2.00. The summed E-state index contributed by atoms with van der Waals surface area (Å²) in [6, 6.07) is 0.692. The van der Waals surface area contributed by atoms with Gasteiger partial charge in [-0.05, 0) is 31.7 Å². The summed E-state index contributed by atoms with van der Waals surface area (Å²) in [6.07, 6.45) is 6.78. The molecule has 1 heterocycles. The number of likely N-dealkylation sites (tertiary alicyclic amines) is 1. The molecule has 0 aromatic rings. The number of nitrogens with zero attached hydrogens (tertiary/aromatic N) is 1. The lowest BCUT2D eigenvalue weighted by Crippen LogP contribution is -2.35. The molecule has 0 aromatic heterocycles. The lowest BCUT2D eigenvalue weighted by Gasteiger charge is -2.21. The van der Waals surface area contributed by atoms with E-state index in [1.54, 1.807) is 0 Å². The fourth-order valence-electron chi connectivity index (χ4n) is 2.69. The van der Waals surface area contributed by atoms with Gasteiger partial charge in [-0.15, -0.1) is 0 Å². The molecule has 1 N–H and O–H groups in total. The molecule has 1 aliphatic heterocycles. The second-order valence-electron chi connectivity index (χ2n) is 6.54. The highest BCUT2D eigenvalue weighted by atomic mass is 15.2. The van der Waals surface area contributed by atoms with Crippen molar-refractivity contribution in [1.29, 1.82) is 0 Å². The van der Waals surface area contributed by atoms with E-state index in [1.165, 1.54) is 51.7 Å². The van der Waals surface area contributed by atoms with E-state index in [-0.39, 0.29) is 0 Å². The van der Waals surface area contributed by atoms with Gasteiger partial charge < -0.3 is 10.2 Å². The standard InChI is InChI=1S/C15H32N2/c1-5-6-7-8-14(2)16-10-12-17-11-9-15(3,4)13-17/h14,16H,5-13H2,1-4H3. The van der Waals surface area contributed by atoms with Gasteiger partial charge in [0.05, 0.1) is 0 Å². The zero-order valence-electron chi connectivity index (χ0n) is 12.4. The van der Waals surface area contributed by atoms with Crippen LogP contribution in [-0.2, 0) is 0 Å². The Kier molecular flexibility index (Phi) is 6.50. The van der Waals surface area contributed by atoms with Crippen LogP contribution in [0.3, 0.4) is 0 Å². The molecule has 1 rings (SSSR count). The van der Waals surface area contributed by atoms with Crippen LogP contribution in [0.2, 0.25) is 0 Å². The Labute approximate surface area is 108 Å². The normalized spacial score (nSPS) is 21.9. The smallest absolute Gasteiger partial charge is 0.0107 e. The Bertz CT molecular complexity index is 201. The molecule has 0 amide bonds. The molecule has 2 nitrogen and oxygen atoms in total. The third kappa shape index (κ3) is 6.42. The van der Waals surface area contributed by atoms with Crippen LogP contribution in [0.4, 0.5) is 0 Å². The minimum atomic E-state index is 0.548. The van der Waals surface area contributed by atoms with Crippen molar-refractivity contribution in [2.75, 3.05) is 26.2 Å². The van der Waals surface area contributed by atoms with Crippen molar-refractivity contribution in [2.24, 2.45) is 5.41 Å². The van der Waals surface area contributed by atoms with Gasteiger partial charge in [0.2, 0.25) is 0 Å². The van der Waals surface area contributed by atoms with Crippen molar-refractivity contribution in [2.45, 2.75) is 65.8 Å². The first-order valence-electron chi connectivity index (χ1n) is 7.49. The van der Waals surface area contributed by atoms with Gasteiger partial charge in [0.15, 0.2) is 0 Å². The topological polar surface area (TPSA) is 15.3 Å². The second-order valence-corrected chi connectivity index (χ2v) is 6.54. The zero-order chi connectivity index (χ0) is 12.7. The zero-order valence-corrected chi connectivity index (χ0v) is 12.4. The van der Waals surface area contributed by atoms with Gasteiger partial charge in [0.25, 0.3) is 0 Å². The van der Waals surface area contributed by atoms with E-state index < -0.39 is 0 Å². The number of nitrogens with one attached hydrogen (secondary N) is 1. The van der Waals surface area contributed by atoms with Crippen LogP contribution in [0.25, 0.3) is 0 Å². The van der Waals surface area contributed by atoms with Crippen LogP contribution in [-0.4, -0.2) is 37.1 Å². The number of hydrogen-bond donors (Lipinski definition) is 1. The molecular weight excluding hydrogens is 208 g/mol. The van der Waals surface area contributed by atoms with Crippen LogP contribution in [0.5, 0.6) is 0 Å². The maximum Gasteiger partial charge on any atom is 0.0107 e. The predicted molar refractivity (Wildman–Crippen MR) is 76.4 cm³/mol. The van der Waals surface area contributed by atoms with Crippen molar-refractivity contribution in [3.63, 3.8) is 0 Å². The van der Waals surface area contributed by atoms with E-state index in [9.17, 15) is 0 Å². The van der Waals surface area contributed by atoms with Gasteiger partial charge in [-0.3, -0.25) is 0 Å². The lowest BCUT2D eigenvalue weighted by atomic mass is 9.93. The second kappa shape index (κ2) is 7.38. The third-order valence-electron chi connectivity index (χ3n) is 3.92. The number of unbranched alkanes of at least 4 members (excludes halogenated alkanes) is 2. The molecule has 2 heteroatoms. The van der Waals surface area contributed by atoms with E-state index >= 15 is 0 Å². The van der Waals surface area contributed by atoms with Crippen molar-refractivity contribution < 1.29 is 0 Å². The van der Waals surface area contributed by atoms with Gasteiger partial charge in [0.1, 0.15) is 0 Å². The van der Waals surface area contributed by atoms with Gasteiger partial charge >= 0.3 is 0 Å². The maximum atomic E-state index is 3.65. The average Bonchev–Trinajstić information content (AvgIpc) is 2.59. The first-order chi connectivity index (χ1) is 8.03. The van der Waals surface area contributed by atoms with Gasteiger partial charge in [-0.1, -0.05) is 40.0 Å². The van der Waals surface area contributed by atoms with E-state index in [2.05, 4.69) is 37.9 Å². The third-order valence-corrected chi connectivity index (χ3v) is 3.92. The molecule has 17 heavy (non-hydrogen) atoms. The van der Waals surface area contributed by atoms with Crippen LogP contribution in [0.1, 0.15) is 59.8 Å². The van der Waals surface area contributed by atoms with Crippen LogP contribution in [0.15, 0.2) is 0 Å². The first kappa shape index (κ1) is 15.0. The molecule has 0 aromatic carbocycles. The van der Waals surface area contributed by atoms with Gasteiger partial charge in [0, 0.05) is 25.7 Å².